The zero-order chi connectivity index (χ0) is 13.2. The molecule has 1 N–H and O–H groups in total. The molecule has 4 heteroatoms. The number of rotatable bonds is 4. The molecule has 102 valence electrons. The molecule has 1 aromatic rings. The van der Waals surface area contributed by atoms with Crippen LogP contribution in [0.15, 0.2) is 12.3 Å². The molecule has 1 aliphatic rings. The Bertz CT molecular complexity index is 391. The molecular formula is C14H24N2O2. The summed E-state index contributed by atoms with van der Waals surface area (Å²) in [5.41, 5.74) is 0.550. The van der Waals surface area contributed by atoms with Crippen molar-refractivity contribution in [3.63, 3.8) is 0 Å². The van der Waals surface area contributed by atoms with Crippen molar-refractivity contribution >= 4 is 0 Å². The fourth-order valence-electron chi connectivity index (χ4n) is 3.12. The highest BCUT2D eigenvalue weighted by molar-refractivity contribution is 5.04. The molecule has 0 saturated heterocycles. The van der Waals surface area contributed by atoms with Crippen molar-refractivity contribution in [2.45, 2.75) is 50.7 Å². The average molecular weight is 252 g/mol. The van der Waals surface area contributed by atoms with Gasteiger partial charge >= 0.3 is 0 Å². The summed E-state index contributed by atoms with van der Waals surface area (Å²) in [6.45, 7) is 2.24. The molecule has 0 spiro atoms. The highest BCUT2D eigenvalue weighted by atomic mass is 16.5. The van der Waals surface area contributed by atoms with E-state index in [2.05, 4.69) is 12.0 Å². The van der Waals surface area contributed by atoms with Crippen LogP contribution in [0.1, 0.15) is 38.3 Å². The Kier molecular flexibility index (Phi) is 4.07. The summed E-state index contributed by atoms with van der Waals surface area (Å²) >= 11 is 0. The second kappa shape index (κ2) is 5.41. The minimum atomic E-state index is -0.472. The van der Waals surface area contributed by atoms with Crippen LogP contribution in [0, 0.1) is 5.92 Å². The van der Waals surface area contributed by atoms with E-state index in [1.165, 1.54) is 6.42 Å². The van der Waals surface area contributed by atoms with Gasteiger partial charge in [0, 0.05) is 26.8 Å². The van der Waals surface area contributed by atoms with Gasteiger partial charge < -0.3 is 9.84 Å². The maximum Gasteiger partial charge on any atom is 0.0942 e. The molecule has 4 nitrogen and oxygen atoms in total. The summed E-state index contributed by atoms with van der Waals surface area (Å²) in [4.78, 5) is 0. The van der Waals surface area contributed by atoms with Gasteiger partial charge in [0.05, 0.1) is 17.4 Å². The molecule has 18 heavy (non-hydrogen) atoms. The first-order valence-corrected chi connectivity index (χ1v) is 6.77. The zero-order valence-electron chi connectivity index (χ0n) is 11.6. The van der Waals surface area contributed by atoms with Crippen molar-refractivity contribution in [1.82, 2.24) is 9.78 Å². The van der Waals surface area contributed by atoms with Crippen LogP contribution in [-0.4, -0.2) is 33.7 Å². The number of aliphatic hydroxyl groups excluding tert-OH is 1. The van der Waals surface area contributed by atoms with Crippen molar-refractivity contribution in [2.24, 2.45) is 13.0 Å². The monoisotopic (exact) mass is 252 g/mol. The summed E-state index contributed by atoms with van der Waals surface area (Å²) in [6.07, 6.45) is 6.27. The summed E-state index contributed by atoms with van der Waals surface area (Å²) in [5.74, 6) is 0.622. The lowest BCUT2D eigenvalue weighted by Crippen LogP contribution is -2.48. The Morgan fingerprint density at radius 3 is 3.00 bits per heavy atom. The third-order valence-electron chi connectivity index (χ3n) is 4.18. The first-order chi connectivity index (χ1) is 8.55. The average Bonchev–Trinajstić information content (AvgIpc) is 2.74. The quantitative estimate of drug-likeness (QED) is 0.890. The normalized spacial score (nSPS) is 30.3. The third-order valence-corrected chi connectivity index (χ3v) is 4.18. The third kappa shape index (κ3) is 2.75. The van der Waals surface area contributed by atoms with Gasteiger partial charge in [0.1, 0.15) is 0 Å². The van der Waals surface area contributed by atoms with Crippen LogP contribution in [-0.2, 0) is 18.2 Å². The van der Waals surface area contributed by atoms with E-state index < -0.39 is 6.10 Å². The molecule has 0 aliphatic heterocycles. The highest BCUT2D eigenvalue weighted by Crippen LogP contribution is 2.38. The van der Waals surface area contributed by atoms with E-state index in [0.717, 1.165) is 25.0 Å². The van der Waals surface area contributed by atoms with Gasteiger partial charge in [0.15, 0.2) is 0 Å². The van der Waals surface area contributed by atoms with E-state index in [9.17, 15) is 5.11 Å². The van der Waals surface area contributed by atoms with Crippen molar-refractivity contribution in [3.8, 4) is 0 Å². The lowest BCUT2D eigenvalue weighted by atomic mass is 9.74. The first-order valence-electron chi connectivity index (χ1n) is 6.77. The molecule has 0 radical (unpaired) electrons. The summed E-state index contributed by atoms with van der Waals surface area (Å²) in [5, 5.41) is 14.9. The Balaban J connectivity index is 2.07. The molecule has 1 saturated carbocycles. The van der Waals surface area contributed by atoms with Crippen molar-refractivity contribution < 1.29 is 9.84 Å². The van der Waals surface area contributed by atoms with Gasteiger partial charge in [-0.05, 0) is 24.8 Å². The largest absolute Gasteiger partial charge is 0.390 e. The van der Waals surface area contributed by atoms with Gasteiger partial charge in [0.2, 0.25) is 0 Å². The minimum absolute atomic E-state index is 0.380. The maximum atomic E-state index is 10.5. The maximum absolute atomic E-state index is 10.5. The Labute approximate surface area is 109 Å². The lowest BCUT2D eigenvalue weighted by molar-refractivity contribution is -0.131. The number of nitrogens with zero attached hydrogens (tertiary/aromatic N) is 2. The molecule has 1 fully saturated rings. The van der Waals surface area contributed by atoms with E-state index in [0.29, 0.717) is 12.3 Å². The number of ether oxygens (including phenoxy) is 1. The molecule has 3 unspecified atom stereocenters. The van der Waals surface area contributed by atoms with Crippen molar-refractivity contribution in [3.05, 3.63) is 18.0 Å². The first kappa shape index (κ1) is 13.6. The van der Waals surface area contributed by atoms with Gasteiger partial charge in [-0.2, -0.15) is 5.10 Å². The standard InChI is InChI=1S/C14H24N2O2/c1-11-5-4-7-14(10-11,18-3)13(17)9-12-6-8-16(2)15-12/h6,8,11,13,17H,4-5,7,9-10H2,1-3H3. The molecule has 0 amide bonds. The highest BCUT2D eigenvalue weighted by Gasteiger charge is 2.41. The Morgan fingerprint density at radius 1 is 1.67 bits per heavy atom. The molecular weight excluding hydrogens is 228 g/mol. The predicted molar refractivity (Wildman–Crippen MR) is 70.3 cm³/mol. The van der Waals surface area contributed by atoms with Gasteiger partial charge in [-0.15, -0.1) is 0 Å². The summed E-state index contributed by atoms with van der Waals surface area (Å²) in [7, 11) is 3.62. The number of aromatic nitrogens is 2. The van der Waals surface area contributed by atoms with Crippen LogP contribution in [0.25, 0.3) is 0 Å². The molecule has 2 rings (SSSR count). The number of aryl methyl sites for hydroxylation is 1. The molecule has 0 bridgehead atoms. The van der Waals surface area contributed by atoms with E-state index in [4.69, 9.17) is 4.74 Å². The minimum Gasteiger partial charge on any atom is -0.390 e. The van der Waals surface area contributed by atoms with Crippen LogP contribution in [0.2, 0.25) is 0 Å². The molecule has 1 heterocycles. The topological polar surface area (TPSA) is 47.3 Å². The van der Waals surface area contributed by atoms with E-state index in [-0.39, 0.29) is 5.60 Å². The number of aliphatic hydroxyl groups is 1. The molecule has 1 aliphatic carbocycles. The van der Waals surface area contributed by atoms with Gasteiger partial charge in [0.25, 0.3) is 0 Å². The Hall–Kier alpha value is -0.870. The van der Waals surface area contributed by atoms with E-state index >= 15 is 0 Å². The van der Waals surface area contributed by atoms with Gasteiger partial charge in [-0.3, -0.25) is 4.68 Å². The van der Waals surface area contributed by atoms with Crippen LogP contribution in [0.5, 0.6) is 0 Å². The SMILES string of the molecule is COC1(C(O)Cc2ccn(C)n2)CCCC(C)C1. The van der Waals surface area contributed by atoms with Crippen molar-refractivity contribution in [1.29, 1.82) is 0 Å². The predicted octanol–water partition coefficient (Wildman–Crippen LogP) is 1.92. The van der Waals surface area contributed by atoms with Gasteiger partial charge in [-0.25, -0.2) is 0 Å². The van der Waals surface area contributed by atoms with Crippen molar-refractivity contribution in [2.75, 3.05) is 7.11 Å². The second-order valence-electron chi connectivity index (χ2n) is 5.67. The zero-order valence-corrected chi connectivity index (χ0v) is 11.6. The second-order valence-corrected chi connectivity index (χ2v) is 5.67. The number of methoxy groups -OCH3 is 1. The molecule has 1 aromatic heterocycles. The molecule has 0 aromatic carbocycles. The van der Waals surface area contributed by atoms with E-state index in [1.807, 2.05) is 19.3 Å². The van der Waals surface area contributed by atoms with Crippen LogP contribution in [0.4, 0.5) is 0 Å². The fraction of sp³-hybridized carbons (Fsp3) is 0.786. The number of hydrogen-bond donors (Lipinski definition) is 1. The molecule has 3 atom stereocenters. The summed E-state index contributed by atoms with van der Waals surface area (Å²) in [6, 6.07) is 1.96. The smallest absolute Gasteiger partial charge is 0.0942 e. The lowest BCUT2D eigenvalue weighted by Gasteiger charge is -2.42. The Morgan fingerprint density at radius 2 is 2.44 bits per heavy atom. The van der Waals surface area contributed by atoms with Crippen LogP contribution < -0.4 is 0 Å². The fourth-order valence-corrected chi connectivity index (χ4v) is 3.12. The van der Waals surface area contributed by atoms with Crippen LogP contribution in [0.3, 0.4) is 0 Å². The van der Waals surface area contributed by atoms with Crippen LogP contribution >= 0.6 is 0 Å². The van der Waals surface area contributed by atoms with E-state index in [1.54, 1.807) is 11.8 Å². The number of hydrogen-bond acceptors (Lipinski definition) is 3. The summed E-state index contributed by atoms with van der Waals surface area (Å²) < 4.78 is 7.47. The van der Waals surface area contributed by atoms with Gasteiger partial charge in [-0.1, -0.05) is 19.8 Å².